The molecule has 1 amide bonds. The Hall–Kier alpha value is -3.52. The second-order valence-electron chi connectivity index (χ2n) is 6.63. The molecule has 2 N–H and O–H groups in total. The summed E-state index contributed by atoms with van der Waals surface area (Å²) in [6, 6.07) is 13.2. The number of halogens is 1. The Kier molecular flexibility index (Phi) is 6.58. The number of aliphatic hydroxyl groups is 1. The van der Waals surface area contributed by atoms with Gasteiger partial charge in [-0.1, -0.05) is 13.0 Å². The van der Waals surface area contributed by atoms with Crippen molar-refractivity contribution in [3.63, 3.8) is 0 Å². The van der Waals surface area contributed by atoms with E-state index < -0.39 is 23.3 Å². The first-order valence-electron chi connectivity index (χ1n) is 9.43. The van der Waals surface area contributed by atoms with Crippen molar-refractivity contribution >= 4 is 5.91 Å². The van der Waals surface area contributed by atoms with Crippen LogP contribution in [0.3, 0.4) is 0 Å². The number of aliphatic hydroxyl groups excluding tert-OH is 1. The highest BCUT2D eigenvalue weighted by Gasteiger charge is 2.19. The van der Waals surface area contributed by atoms with Gasteiger partial charge in [0, 0.05) is 5.56 Å². The summed E-state index contributed by atoms with van der Waals surface area (Å²) in [6.45, 7) is 1.55. The predicted octanol–water partition coefficient (Wildman–Crippen LogP) is 2.55. The van der Waals surface area contributed by atoms with Crippen LogP contribution in [-0.4, -0.2) is 40.6 Å². The highest BCUT2D eigenvalue weighted by Crippen LogP contribution is 2.21. The molecule has 0 aliphatic rings. The first kappa shape index (κ1) is 21.2. The summed E-state index contributed by atoms with van der Waals surface area (Å²) in [7, 11) is 1.55. The summed E-state index contributed by atoms with van der Waals surface area (Å²) in [5.74, 6) is -0.527. The molecule has 0 aliphatic heterocycles. The molecule has 3 rings (SSSR count). The molecule has 0 bridgehead atoms. The molecule has 1 aromatic heterocycles. The normalized spacial score (nSPS) is 11.7. The van der Waals surface area contributed by atoms with E-state index in [1.807, 2.05) is 6.92 Å². The van der Waals surface area contributed by atoms with Crippen molar-refractivity contribution in [3.05, 3.63) is 76.3 Å². The zero-order valence-electron chi connectivity index (χ0n) is 16.6. The van der Waals surface area contributed by atoms with Crippen molar-refractivity contribution in [2.45, 2.75) is 19.4 Å². The number of methoxy groups -OCH3 is 1. The van der Waals surface area contributed by atoms with Gasteiger partial charge in [0.25, 0.3) is 11.5 Å². The minimum atomic E-state index is -0.692. The van der Waals surface area contributed by atoms with E-state index in [9.17, 15) is 19.1 Å². The molecule has 156 valence electrons. The molecule has 1 unspecified atom stereocenters. The molecule has 7 nitrogen and oxygen atoms in total. The predicted molar refractivity (Wildman–Crippen MR) is 110 cm³/mol. The number of amides is 1. The van der Waals surface area contributed by atoms with E-state index in [4.69, 9.17) is 4.74 Å². The second-order valence-corrected chi connectivity index (χ2v) is 6.63. The topological polar surface area (TPSA) is 93.4 Å². The Morgan fingerprint density at radius 3 is 2.57 bits per heavy atom. The van der Waals surface area contributed by atoms with Crippen LogP contribution in [0, 0.1) is 5.82 Å². The summed E-state index contributed by atoms with van der Waals surface area (Å²) < 4.78 is 19.9. The van der Waals surface area contributed by atoms with Gasteiger partial charge in [0.2, 0.25) is 0 Å². The first-order chi connectivity index (χ1) is 14.5. The Morgan fingerprint density at radius 2 is 1.97 bits per heavy atom. The number of aromatic nitrogens is 2. The number of rotatable bonds is 7. The lowest BCUT2D eigenvalue weighted by molar-refractivity contribution is 0.0913. The average molecular weight is 411 g/mol. The molecule has 0 saturated heterocycles. The molecule has 0 saturated carbocycles. The third-order valence-electron chi connectivity index (χ3n) is 4.64. The fourth-order valence-corrected chi connectivity index (χ4v) is 2.88. The van der Waals surface area contributed by atoms with E-state index in [0.29, 0.717) is 23.4 Å². The molecule has 8 heteroatoms. The van der Waals surface area contributed by atoms with E-state index in [-0.39, 0.29) is 17.9 Å². The third-order valence-corrected chi connectivity index (χ3v) is 4.64. The van der Waals surface area contributed by atoms with E-state index >= 15 is 0 Å². The lowest BCUT2D eigenvalue weighted by atomic mass is 10.1. The van der Waals surface area contributed by atoms with Crippen LogP contribution in [0.1, 0.15) is 23.7 Å². The van der Waals surface area contributed by atoms with Crippen molar-refractivity contribution in [3.8, 4) is 22.7 Å². The smallest absolute Gasteiger partial charge is 0.284 e. The lowest BCUT2D eigenvalue weighted by Gasteiger charge is -2.15. The Morgan fingerprint density at radius 1 is 1.23 bits per heavy atom. The first-order valence-corrected chi connectivity index (χ1v) is 9.43. The molecule has 1 heterocycles. The van der Waals surface area contributed by atoms with Crippen molar-refractivity contribution in [1.82, 2.24) is 15.1 Å². The Labute approximate surface area is 172 Å². The number of nitrogens with zero attached hydrogens (tertiary/aromatic N) is 2. The molecule has 0 fully saturated rings. The molecule has 3 aromatic rings. The number of hydrogen-bond acceptors (Lipinski definition) is 5. The van der Waals surface area contributed by atoms with E-state index in [2.05, 4.69) is 10.4 Å². The van der Waals surface area contributed by atoms with Crippen LogP contribution in [0.25, 0.3) is 16.9 Å². The van der Waals surface area contributed by atoms with Gasteiger partial charge in [0.1, 0.15) is 17.1 Å². The van der Waals surface area contributed by atoms with E-state index in [1.54, 1.807) is 31.4 Å². The van der Waals surface area contributed by atoms with Crippen LogP contribution in [-0.2, 0) is 0 Å². The van der Waals surface area contributed by atoms with Gasteiger partial charge in [0.15, 0.2) is 0 Å². The van der Waals surface area contributed by atoms with Crippen LogP contribution in [0.15, 0.2) is 59.4 Å². The fourth-order valence-electron chi connectivity index (χ4n) is 2.88. The minimum absolute atomic E-state index is 0.160. The number of ether oxygens (including phenoxy) is 1. The quantitative estimate of drug-likeness (QED) is 0.623. The zero-order chi connectivity index (χ0) is 21.7. The molecule has 0 radical (unpaired) electrons. The van der Waals surface area contributed by atoms with Crippen LogP contribution < -0.4 is 15.6 Å². The van der Waals surface area contributed by atoms with Gasteiger partial charge in [-0.3, -0.25) is 9.59 Å². The summed E-state index contributed by atoms with van der Waals surface area (Å²) in [5, 5.41) is 16.3. The second kappa shape index (κ2) is 9.32. The average Bonchev–Trinajstić information content (AvgIpc) is 2.77. The largest absolute Gasteiger partial charge is 0.497 e. The monoisotopic (exact) mass is 411 g/mol. The van der Waals surface area contributed by atoms with Gasteiger partial charge in [-0.05, 0) is 55.0 Å². The third kappa shape index (κ3) is 4.55. The van der Waals surface area contributed by atoms with Crippen molar-refractivity contribution in [2.24, 2.45) is 0 Å². The lowest BCUT2D eigenvalue weighted by Crippen LogP contribution is -2.40. The maximum atomic E-state index is 13.8. The number of benzene rings is 2. The number of hydrogen-bond donors (Lipinski definition) is 2. The maximum absolute atomic E-state index is 13.8. The number of carbonyl (C=O) groups is 1. The molecule has 1 atom stereocenters. The van der Waals surface area contributed by atoms with Crippen molar-refractivity contribution < 1.29 is 19.0 Å². The van der Waals surface area contributed by atoms with Gasteiger partial charge in [-0.15, -0.1) is 0 Å². The maximum Gasteiger partial charge on any atom is 0.284 e. The molecule has 0 aliphatic carbocycles. The summed E-state index contributed by atoms with van der Waals surface area (Å²) in [4.78, 5) is 25.8. The molecule has 30 heavy (non-hydrogen) atoms. The van der Waals surface area contributed by atoms with Gasteiger partial charge in [-0.25, -0.2) is 4.39 Å². The van der Waals surface area contributed by atoms with Crippen molar-refractivity contribution in [2.75, 3.05) is 13.7 Å². The van der Waals surface area contributed by atoms with Crippen LogP contribution in [0.2, 0.25) is 0 Å². The van der Waals surface area contributed by atoms with Gasteiger partial charge >= 0.3 is 0 Å². The Balaban J connectivity index is 2.16. The fraction of sp³-hybridized carbons (Fsp3) is 0.227. The van der Waals surface area contributed by atoms with Gasteiger partial charge in [-0.2, -0.15) is 9.78 Å². The van der Waals surface area contributed by atoms with Crippen molar-refractivity contribution in [1.29, 1.82) is 0 Å². The summed E-state index contributed by atoms with van der Waals surface area (Å²) >= 11 is 0. The molecular weight excluding hydrogens is 389 g/mol. The minimum Gasteiger partial charge on any atom is -0.497 e. The zero-order valence-corrected chi connectivity index (χ0v) is 16.6. The van der Waals surface area contributed by atoms with E-state index in [1.165, 1.54) is 24.3 Å². The number of nitrogens with one attached hydrogen (secondary N) is 1. The molecule has 0 spiro atoms. The highest BCUT2D eigenvalue weighted by atomic mass is 19.1. The highest BCUT2D eigenvalue weighted by molar-refractivity contribution is 5.95. The molecule has 2 aromatic carbocycles. The SMILES string of the molecule is CCC(CO)NC(=O)c1cc(-c2ccc(OC)cc2)nn(-c2cccc(F)c2)c1=O. The standard InChI is InChI=1S/C22H22FN3O4/c1-3-16(13-27)24-21(28)19-12-20(14-7-9-18(30-2)10-8-14)25-26(22(19)29)17-6-4-5-15(23)11-17/h4-12,16,27H,3,13H2,1-2H3,(H,24,28). The van der Waals surface area contributed by atoms with Crippen LogP contribution >= 0.6 is 0 Å². The van der Waals surface area contributed by atoms with Crippen LogP contribution in [0.5, 0.6) is 5.75 Å². The Bertz CT molecular complexity index is 1090. The van der Waals surface area contributed by atoms with Gasteiger partial charge < -0.3 is 15.2 Å². The number of carbonyl (C=O) groups excluding carboxylic acids is 1. The van der Waals surface area contributed by atoms with E-state index in [0.717, 1.165) is 10.7 Å². The summed E-state index contributed by atoms with van der Waals surface area (Å²) in [6.07, 6.45) is 0.497. The summed E-state index contributed by atoms with van der Waals surface area (Å²) in [5.41, 5.74) is 0.335. The van der Waals surface area contributed by atoms with Crippen LogP contribution in [0.4, 0.5) is 4.39 Å². The van der Waals surface area contributed by atoms with Gasteiger partial charge in [0.05, 0.1) is 31.1 Å². The molecular formula is C22H22FN3O4.